The molecule has 0 amide bonds. The Morgan fingerprint density at radius 2 is 2.00 bits per heavy atom. The van der Waals surface area contributed by atoms with Crippen molar-refractivity contribution in [3.8, 4) is 0 Å². The highest BCUT2D eigenvalue weighted by molar-refractivity contribution is 7.17. The molecule has 4 rings (SSSR count). The first kappa shape index (κ1) is 20.3. The highest BCUT2D eigenvalue weighted by Gasteiger charge is 2.21. The molecular weight excluding hydrogens is 400 g/mol. The number of esters is 1. The van der Waals surface area contributed by atoms with Crippen LogP contribution in [0.15, 0.2) is 40.5 Å². The van der Waals surface area contributed by atoms with Gasteiger partial charge in [0.05, 0.1) is 12.0 Å². The third-order valence-corrected chi connectivity index (χ3v) is 5.86. The van der Waals surface area contributed by atoms with E-state index in [-0.39, 0.29) is 18.8 Å². The maximum atomic E-state index is 13.2. The van der Waals surface area contributed by atoms with Gasteiger partial charge in [0, 0.05) is 6.42 Å². The second-order valence-corrected chi connectivity index (χ2v) is 8.50. The maximum Gasteiger partial charge on any atom is 0.352 e. The van der Waals surface area contributed by atoms with Gasteiger partial charge in [0.1, 0.15) is 11.4 Å². The van der Waals surface area contributed by atoms with Crippen molar-refractivity contribution in [3.05, 3.63) is 63.1 Å². The Balaban J connectivity index is 1.90. The Kier molecular flexibility index (Phi) is 5.67. The summed E-state index contributed by atoms with van der Waals surface area (Å²) in [5, 5.41) is 7.44. The average Bonchev–Trinajstić information content (AvgIpc) is 3.30. The number of aromatic nitrogens is 4. The van der Waals surface area contributed by atoms with Crippen LogP contribution in [-0.2, 0) is 28.9 Å². The Hall–Kier alpha value is -3.00. The molecule has 0 spiro atoms. The molecule has 0 atom stereocenters. The van der Waals surface area contributed by atoms with E-state index in [1.54, 1.807) is 6.92 Å². The van der Waals surface area contributed by atoms with Gasteiger partial charge < -0.3 is 4.74 Å². The summed E-state index contributed by atoms with van der Waals surface area (Å²) in [6, 6.07) is 9.91. The molecular formula is C22H24N4O3S. The van der Waals surface area contributed by atoms with E-state index in [4.69, 9.17) is 9.72 Å². The largest absolute Gasteiger partial charge is 0.465 e. The quantitative estimate of drug-likeness (QED) is 0.425. The minimum absolute atomic E-state index is 0.144. The number of rotatable bonds is 7. The van der Waals surface area contributed by atoms with Gasteiger partial charge in [0.25, 0.3) is 0 Å². The molecule has 0 saturated carbocycles. The van der Waals surface area contributed by atoms with E-state index in [0.717, 1.165) is 27.8 Å². The SMILES string of the molecule is CCOC(=O)Cn1c(=O)n2nc(Cc3ccccc3)nc2c2c(CC(C)C)csc21. The van der Waals surface area contributed by atoms with Gasteiger partial charge in [-0.15, -0.1) is 16.4 Å². The molecule has 3 aromatic heterocycles. The van der Waals surface area contributed by atoms with E-state index in [0.29, 0.717) is 23.8 Å². The fourth-order valence-corrected chi connectivity index (χ4v) is 4.67. The van der Waals surface area contributed by atoms with Gasteiger partial charge in [-0.1, -0.05) is 44.2 Å². The lowest BCUT2D eigenvalue weighted by atomic mass is 10.0. The number of nitrogens with zero attached hydrogens (tertiary/aromatic N) is 4. The predicted molar refractivity (Wildman–Crippen MR) is 117 cm³/mol. The molecule has 156 valence electrons. The minimum atomic E-state index is -0.441. The molecule has 0 aliphatic carbocycles. The zero-order valence-corrected chi connectivity index (χ0v) is 18.1. The van der Waals surface area contributed by atoms with Gasteiger partial charge in [-0.05, 0) is 35.8 Å². The maximum absolute atomic E-state index is 13.2. The number of fused-ring (bicyclic) bond motifs is 3. The van der Waals surface area contributed by atoms with E-state index < -0.39 is 5.97 Å². The summed E-state index contributed by atoms with van der Waals surface area (Å²) in [4.78, 5) is 30.8. The molecule has 0 N–H and O–H groups in total. The zero-order chi connectivity index (χ0) is 21.3. The van der Waals surface area contributed by atoms with Crippen molar-refractivity contribution in [1.29, 1.82) is 0 Å². The van der Waals surface area contributed by atoms with Crippen molar-refractivity contribution in [3.63, 3.8) is 0 Å². The lowest BCUT2D eigenvalue weighted by Gasteiger charge is -2.09. The van der Waals surface area contributed by atoms with Gasteiger partial charge in [-0.25, -0.2) is 9.78 Å². The van der Waals surface area contributed by atoms with Crippen LogP contribution in [0, 0.1) is 5.92 Å². The molecule has 0 aliphatic rings. The monoisotopic (exact) mass is 424 g/mol. The summed E-state index contributed by atoms with van der Waals surface area (Å²) < 4.78 is 7.86. The lowest BCUT2D eigenvalue weighted by molar-refractivity contribution is -0.143. The van der Waals surface area contributed by atoms with Crippen LogP contribution in [0.3, 0.4) is 0 Å². The van der Waals surface area contributed by atoms with Crippen molar-refractivity contribution in [2.75, 3.05) is 6.61 Å². The predicted octanol–water partition coefficient (Wildman–Crippen LogP) is 3.46. The summed E-state index contributed by atoms with van der Waals surface area (Å²) in [5.74, 6) is 0.582. The fourth-order valence-electron chi connectivity index (χ4n) is 3.59. The number of benzene rings is 1. The number of carbonyl (C=O) groups excluding carboxylic acids is 1. The van der Waals surface area contributed by atoms with Crippen LogP contribution in [0.2, 0.25) is 0 Å². The fraction of sp³-hybridized carbons (Fsp3) is 0.364. The minimum Gasteiger partial charge on any atom is -0.465 e. The molecule has 4 aromatic rings. The summed E-state index contributed by atoms with van der Waals surface area (Å²) in [5.41, 5.74) is 2.36. The van der Waals surface area contributed by atoms with Crippen LogP contribution in [0.1, 0.15) is 37.7 Å². The van der Waals surface area contributed by atoms with E-state index in [1.807, 2.05) is 30.3 Å². The smallest absolute Gasteiger partial charge is 0.352 e. The highest BCUT2D eigenvalue weighted by Crippen LogP contribution is 2.30. The van der Waals surface area contributed by atoms with Crippen LogP contribution in [0.4, 0.5) is 0 Å². The number of hydrogen-bond acceptors (Lipinski definition) is 6. The summed E-state index contributed by atoms with van der Waals surface area (Å²) in [6.07, 6.45) is 1.39. The summed E-state index contributed by atoms with van der Waals surface area (Å²) in [7, 11) is 0. The van der Waals surface area contributed by atoms with Crippen molar-refractivity contribution in [1.82, 2.24) is 19.2 Å². The molecule has 0 bridgehead atoms. The molecule has 0 fully saturated rings. The van der Waals surface area contributed by atoms with Crippen molar-refractivity contribution < 1.29 is 9.53 Å². The van der Waals surface area contributed by atoms with Crippen LogP contribution < -0.4 is 5.69 Å². The van der Waals surface area contributed by atoms with Gasteiger partial charge in [-0.2, -0.15) is 4.52 Å². The number of thiophene rings is 1. The first-order chi connectivity index (χ1) is 14.5. The lowest BCUT2D eigenvalue weighted by Crippen LogP contribution is -2.30. The second-order valence-electron chi connectivity index (χ2n) is 7.64. The molecule has 1 aromatic carbocycles. The molecule has 8 heteroatoms. The Bertz CT molecular complexity index is 1250. The molecule has 0 saturated heterocycles. The average molecular weight is 425 g/mol. The molecule has 3 heterocycles. The zero-order valence-electron chi connectivity index (χ0n) is 17.3. The molecule has 0 aliphatic heterocycles. The third kappa shape index (κ3) is 3.87. The van der Waals surface area contributed by atoms with E-state index in [1.165, 1.54) is 20.4 Å². The molecule has 7 nitrogen and oxygen atoms in total. The molecule has 0 unspecified atom stereocenters. The van der Waals surface area contributed by atoms with E-state index in [9.17, 15) is 9.59 Å². The van der Waals surface area contributed by atoms with Crippen molar-refractivity contribution in [2.45, 2.75) is 40.2 Å². The van der Waals surface area contributed by atoms with Crippen LogP contribution >= 0.6 is 11.3 Å². The Morgan fingerprint density at radius 1 is 1.23 bits per heavy atom. The van der Waals surface area contributed by atoms with Gasteiger partial charge in [0.15, 0.2) is 11.5 Å². The third-order valence-electron chi connectivity index (χ3n) is 4.81. The van der Waals surface area contributed by atoms with Gasteiger partial charge in [0.2, 0.25) is 0 Å². The van der Waals surface area contributed by atoms with Crippen molar-refractivity contribution in [2.24, 2.45) is 5.92 Å². The van der Waals surface area contributed by atoms with Crippen LogP contribution in [-0.4, -0.2) is 31.7 Å². The number of carbonyl (C=O) groups is 1. The van der Waals surface area contributed by atoms with Crippen LogP contribution in [0.25, 0.3) is 15.9 Å². The first-order valence-electron chi connectivity index (χ1n) is 10.1. The van der Waals surface area contributed by atoms with E-state index in [2.05, 4.69) is 24.3 Å². The van der Waals surface area contributed by atoms with E-state index >= 15 is 0 Å². The second kappa shape index (κ2) is 8.39. The first-order valence-corrected chi connectivity index (χ1v) is 10.9. The number of hydrogen-bond donors (Lipinski definition) is 0. The van der Waals surface area contributed by atoms with Crippen molar-refractivity contribution >= 4 is 33.2 Å². The topological polar surface area (TPSA) is 78.5 Å². The van der Waals surface area contributed by atoms with Gasteiger partial charge >= 0.3 is 11.7 Å². The highest BCUT2D eigenvalue weighted by atomic mass is 32.1. The normalized spacial score (nSPS) is 11.6. The molecule has 0 radical (unpaired) electrons. The number of ether oxygens (including phenoxy) is 1. The summed E-state index contributed by atoms with van der Waals surface area (Å²) >= 11 is 1.46. The van der Waals surface area contributed by atoms with Crippen LogP contribution in [0.5, 0.6) is 0 Å². The standard InChI is InChI=1S/C22H24N4O3S/c1-4-29-18(27)12-25-21-19(16(13-30-21)10-14(2)3)20-23-17(24-26(20)22(25)28)11-15-8-6-5-7-9-15/h5-9,13-14H,4,10-12H2,1-3H3. The van der Waals surface area contributed by atoms with Gasteiger partial charge in [-0.3, -0.25) is 9.36 Å². The Labute approximate surface area is 177 Å². The molecule has 30 heavy (non-hydrogen) atoms. The Morgan fingerprint density at radius 3 is 2.70 bits per heavy atom. The summed E-state index contributed by atoms with van der Waals surface area (Å²) in [6.45, 7) is 6.18.